The number of rotatable bonds is 3. The molecule has 1 unspecified atom stereocenters. The molecule has 11 heterocycles. The molecule has 11 fully saturated rings. The normalized spacial score (nSPS) is 43.6. The minimum Gasteiger partial charge on any atom is -0.633 e. The lowest BCUT2D eigenvalue weighted by molar-refractivity contribution is -0.932. The third-order valence-corrected chi connectivity index (χ3v) is 13.8. The lowest BCUT2D eigenvalue weighted by Crippen LogP contribution is -2.69. The average Bonchev–Trinajstić information content (AvgIpc) is 3.78. The van der Waals surface area contributed by atoms with Crippen molar-refractivity contribution in [1.82, 2.24) is 0 Å². The molecule has 1 atom stereocenters. The molecule has 0 bridgehead atoms. The number of carbonyl (C=O) groups excluding carboxylic acids is 1. The van der Waals surface area contributed by atoms with E-state index in [0.29, 0.717) is 104 Å². The Morgan fingerprint density at radius 1 is 0.568 bits per heavy atom. The Morgan fingerprint density at radius 3 is 1.11 bits per heavy atom. The van der Waals surface area contributed by atoms with Crippen LogP contribution in [-0.2, 0) is 33.2 Å². The molecule has 3 N–H and O–H groups in total. The number of Topliss-reactive ketones (excluding diaryl/α,β-unsaturated/α-hetero) is 1. The van der Waals surface area contributed by atoms with Gasteiger partial charge in [-0.3, -0.25) is 4.79 Å². The maximum Gasteiger partial charge on any atom is 0.270 e. The molecule has 2 spiro atoms. The number of carbonyl (C=O) groups is 1. The van der Waals surface area contributed by atoms with Crippen molar-refractivity contribution in [2.24, 2.45) is 5.92 Å². The van der Waals surface area contributed by atoms with E-state index in [1.807, 2.05) is 6.92 Å². The van der Waals surface area contributed by atoms with E-state index < -0.39 is 17.2 Å². The van der Waals surface area contributed by atoms with E-state index in [0.717, 1.165) is 32.6 Å². The number of quaternary nitrogens is 9. The summed E-state index contributed by atoms with van der Waals surface area (Å²) < 4.78 is 29.5. The highest BCUT2D eigenvalue weighted by atomic mass is 16.8. The molecule has 438 valence electrons. The standard InChI is InChI=1S/C7H13NO4.C6H11NO3.C6H13NO2.2C5H11NO2.C5H11NO.C4H9NO2.C4H7NO2.C4H9NO/c1-8(10)4-7(5-8)11-3-6(2-9)12-7;1-7(8)4-6(5-7)9-2-3-10-6;1-6(9-3)4-7(2,8)5-6;1-6(7)3-5(4-6)8-2;1-5(7)3-6(2,8)4-5;1-5-3-6(2,7)4-5;2*1-5(7)2-4(6)3-5;1-5(6)3-2-4-5/h6,9H,2-5H2,1H3;2-5H2,1H3;4-5H2,1-3H3;5H,3-4H2,1-2H3;7H,3-4H2,1-2H3;5H,3-4H2,1-2H3;4,6H,2-3H2,1H3;2-3H2,1H3;2-4H2,1H3. The Morgan fingerprint density at radius 2 is 0.959 bits per heavy atom. The van der Waals surface area contributed by atoms with Crippen molar-refractivity contribution < 1.29 is 90.4 Å². The van der Waals surface area contributed by atoms with Gasteiger partial charge in [-0.2, -0.15) is 0 Å². The highest BCUT2D eigenvalue weighted by Gasteiger charge is 2.57. The summed E-state index contributed by atoms with van der Waals surface area (Å²) in [5, 5.41) is 123. The highest BCUT2D eigenvalue weighted by molar-refractivity contribution is 5.84. The summed E-state index contributed by atoms with van der Waals surface area (Å²) in [7, 11) is 17.9. The Kier molecular flexibility index (Phi) is 22.2. The number of likely N-dealkylation sites (N-methyl/N-ethyl adjacent to an activating group) is 7. The number of aliphatic hydroxyl groups is 3. The van der Waals surface area contributed by atoms with Crippen LogP contribution in [0.5, 0.6) is 0 Å². The molecule has 11 rings (SSSR count). The predicted molar refractivity (Wildman–Crippen MR) is 270 cm³/mol. The molecule has 0 aromatic rings. The quantitative estimate of drug-likeness (QED) is 0.213. The summed E-state index contributed by atoms with van der Waals surface area (Å²) in [6.07, 6.45) is 0.769. The first-order valence-electron chi connectivity index (χ1n) is 25.4. The van der Waals surface area contributed by atoms with Crippen molar-refractivity contribution in [1.29, 1.82) is 0 Å². The minimum absolute atomic E-state index is 0. The maximum atomic E-state index is 11.2. The van der Waals surface area contributed by atoms with E-state index in [4.69, 9.17) is 43.7 Å². The van der Waals surface area contributed by atoms with Crippen LogP contribution in [0.1, 0.15) is 27.2 Å². The fourth-order valence-corrected chi connectivity index (χ4v) is 10.8. The second-order valence-electron chi connectivity index (χ2n) is 25.2. The van der Waals surface area contributed by atoms with Crippen LogP contribution in [0.25, 0.3) is 0 Å². The van der Waals surface area contributed by atoms with E-state index in [2.05, 4.69) is 6.92 Å². The van der Waals surface area contributed by atoms with Crippen LogP contribution in [0, 0.1) is 52.8 Å². The molecule has 11 aliphatic heterocycles. The molecule has 28 heteroatoms. The third kappa shape index (κ3) is 23.1. The zero-order valence-electron chi connectivity index (χ0n) is 47.0. The van der Waals surface area contributed by atoms with Gasteiger partial charge in [0.25, 0.3) is 11.6 Å². The SMILES string of the molecule is CC1(O)C[N+](C)([O-])C1.CC1C[N+](C)([O-])C1.COC1(C)C[N+](C)([O-])C1.COC1C[N+](C)([O-])C1.C[N+]1([O-])CC(=O)C1.C[N+]1([O-])CC(O)C1.C[N+]1([O-])CC2(C1)OCC(CO)O2.C[N+]1([O-])CC2(C1)OCCO2.C[N+]1([O-])CCC1. The summed E-state index contributed by atoms with van der Waals surface area (Å²) in [4.78, 5) is 10.1. The third-order valence-electron chi connectivity index (χ3n) is 13.8. The van der Waals surface area contributed by atoms with Crippen LogP contribution >= 0.6 is 0 Å². The van der Waals surface area contributed by atoms with Gasteiger partial charge in [0.15, 0.2) is 23.4 Å². The lowest BCUT2D eigenvalue weighted by atomic mass is 9.97. The minimum atomic E-state index is -0.684. The maximum absolute atomic E-state index is 11.2. The molecule has 0 aliphatic carbocycles. The topological polar surface area (TPSA) is 341 Å². The van der Waals surface area contributed by atoms with Gasteiger partial charge in [0, 0.05) is 20.6 Å². The second-order valence-corrected chi connectivity index (χ2v) is 25.2. The first-order chi connectivity index (χ1) is 33.2. The predicted octanol–water partition coefficient (Wildman–Crippen LogP) is -1.53. The Balaban J connectivity index is 0.000000221. The summed E-state index contributed by atoms with van der Waals surface area (Å²) in [6.45, 7) is 16.5. The first-order valence-corrected chi connectivity index (χ1v) is 25.4. The molecular weight excluding hydrogens is 983 g/mol. The van der Waals surface area contributed by atoms with Gasteiger partial charge in [0.05, 0.1) is 122 Å². The smallest absolute Gasteiger partial charge is 0.270 e. The molecule has 0 amide bonds. The number of ether oxygens (including phenoxy) is 6. The van der Waals surface area contributed by atoms with Crippen LogP contribution in [0.15, 0.2) is 0 Å². The number of aliphatic hydroxyl groups excluding tert-OH is 2. The fourth-order valence-electron chi connectivity index (χ4n) is 10.8. The molecule has 74 heavy (non-hydrogen) atoms. The van der Waals surface area contributed by atoms with Crippen molar-refractivity contribution in [2.45, 2.75) is 68.3 Å². The number of methoxy groups -OCH3 is 2. The van der Waals surface area contributed by atoms with Crippen molar-refractivity contribution in [3.63, 3.8) is 0 Å². The molecule has 0 radical (unpaired) electrons. The molecular formula is C46H95N9O19. The monoisotopic (exact) mass is 1080 g/mol. The number of ketones is 1. The molecule has 0 aromatic carbocycles. The Hall–Kier alpha value is -1.41. The van der Waals surface area contributed by atoms with E-state index in [-0.39, 0.29) is 91.2 Å². The summed E-state index contributed by atoms with van der Waals surface area (Å²) in [5.41, 5.74) is -0.826. The molecule has 11 saturated heterocycles. The van der Waals surface area contributed by atoms with E-state index in [9.17, 15) is 51.7 Å². The number of hydrogen-bond donors (Lipinski definition) is 3. The first kappa shape index (κ1) is 66.9. The van der Waals surface area contributed by atoms with Gasteiger partial charge in [-0.25, -0.2) is 0 Å². The van der Waals surface area contributed by atoms with Crippen LogP contribution in [-0.4, -0.2) is 326 Å². The molecule has 11 aliphatic rings. The van der Waals surface area contributed by atoms with Gasteiger partial charge in [-0.05, 0) is 13.8 Å². The second kappa shape index (κ2) is 24.5. The van der Waals surface area contributed by atoms with E-state index in [1.54, 1.807) is 77.5 Å². The van der Waals surface area contributed by atoms with Crippen LogP contribution in [0.4, 0.5) is 0 Å². The van der Waals surface area contributed by atoms with Gasteiger partial charge < -0.3 is 132 Å². The summed E-state index contributed by atoms with van der Waals surface area (Å²) in [5.74, 6) is -0.416. The van der Waals surface area contributed by atoms with Crippen LogP contribution in [0.3, 0.4) is 0 Å². The van der Waals surface area contributed by atoms with Crippen molar-refractivity contribution >= 4 is 5.78 Å². The van der Waals surface area contributed by atoms with Crippen molar-refractivity contribution in [3.05, 3.63) is 46.9 Å². The zero-order valence-corrected chi connectivity index (χ0v) is 47.0. The largest absolute Gasteiger partial charge is 0.633 e. The van der Waals surface area contributed by atoms with Gasteiger partial charge in [0.2, 0.25) is 5.78 Å². The number of hydroxylamine groups is 27. The van der Waals surface area contributed by atoms with Gasteiger partial charge in [-0.15, -0.1) is 0 Å². The van der Waals surface area contributed by atoms with Crippen molar-refractivity contribution in [2.75, 3.05) is 222 Å². The van der Waals surface area contributed by atoms with Crippen LogP contribution < -0.4 is 0 Å². The summed E-state index contributed by atoms with van der Waals surface area (Å²) >= 11 is 0. The number of likely N-dealkylation sites (tertiary alicyclic amines) is 9. The molecule has 0 saturated carbocycles. The Bertz CT molecular complexity index is 1670. The van der Waals surface area contributed by atoms with Gasteiger partial charge in [0.1, 0.15) is 97.7 Å². The van der Waals surface area contributed by atoms with Gasteiger partial charge in [-0.1, -0.05) is 6.92 Å². The summed E-state index contributed by atoms with van der Waals surface area (Å²) in [6, 6.07) is 0. The average molecular weight is 1080 g/mol. The number of hydrogen-bond acceptors (Lipinski definition) is 19. The lowest BCUT2D eigenvalue weighted by Gasteiger charge is -2.56. The van der Waals surface area contributed by atoms with Gasteiger partial charge >= 0.3 is 0 Å². The number of nitrogens with zero attached hydrogens (tertiary/aromatic N) is 9. The highest BCUT2D eigenvalue weighted by Crippen LogP contribution is 2.37. The zero-order chi connectivity index (χ0) is 56.9. The van der Waals surface area contributed by atoms with E-state index >= 15 is 0 Å². The van der Waals surface area contributed by atoms with Crippen LogP contribution in [0.2, 0.25) is 0 Å². The fraction of sp³-hybridized carbons (Fsp3) is 0.978. The molecule has 28 nitrogen and oxygen atoms in total. The molecule has 0 aromatic heterocycles. The van der Waals surface area contributed by atoms with Crippen molar-refractivity contribution in [3.8, 4) is 0 Å². The van der Waals surface area contributed by atoms with E-state index in [1.165, 1.54) is 7.05 Å². The Labute approximate surface area is 438 Å².